The molecule has 0 spiro atoms. The summed E-state index contributed by atoms with van der Waals surface area (Å²) in [5.74, 6) is -5.22. The number of hydrogen-bond acceptors (Lipinski definition) is 2. The average molecular weight is 280 g/mol. The molecule has 104 valence electrons. The number of ether oxygens (including phenoxy) is 1. The lowest BCUT2D eigenvalue weighted by Gasteiger charge is -2.15. The third-order valence-corrected chi connectivity index (χ3v) is 2.84. The molecule has 0 amide bonds. The number of benzene rings is 2. The second-order valence-electron chi connectivity index (χ2n) is 4.14. The second-order valence-corrected chi connectivity index (χ2v) is 4.14. The molecule has 0 fully saturated rings. The number of Topliss-reactive ketones (excluding diaryl/α,β-unsaturated/α-hetero) is 1. The minimum Gasteiger partial charge on any atom is -0.497 e. The molecule has 0 saturated carbocycles. The van der Waals surface area contributed by atoms with Gasteiger partial charge in [-0.15, -0.1) is 0 Å². The summed E-state index contributed by atoms with van der Waals surface area (Å²) < 4.78 is 45.8. The Morgan fingerprint density at radius 2 is 1.55 bits per heavy atom. The van der Waals surface area contributed by atoms with Gasteiger partial charge in [0.2, 0.25) is 5.78 Å². The fourth-order valence-corrected chi connectivity index (χ4v) is 1.71. The van der Waals surface area contributed by atoms with Gasteiger partial charge in [0.25, 0.3) is 0 Å². The fourth-order valence-electron chi connectivity index (χ4n) is 1.71. The molecule has 0 N–H and O–H groups in total. The molecule has 2 nitrogen and oxygen atoms in total. The average Bonchev–Trinajstić information content (AvgIpc) is 2.47. The molecule has 0 aliphatic carbocycles. The summed E-state index contributed by atoms with van der Waals surface area (Å²) in [7, 11) is 1.41. The Hall–Kier alpha value is -2.30. The zero-order valence-electron chi connectivity index (χ0n) is 10.6. The molecule has 0 bridgehead atoms. The van der Waals surface area contributed by atoms with Crippen LogP contribution < -0.4 is 4.74 Å². The van der Waals surface area contributed by atoms with Gasteiger partial charge in [0.15, 0.2) is 0 Å². The molecule has 20 heavy (non-hydrogen) atoms. The molecule has 2 aromatic rings. The van der Waals surface area contributed by atoms with Crippen molar-refractivity contribution < 1.29 is 22.7 Å². The highest BCUT2D eigenvalue weighted by Crippen LogP contribution is 2.32. The molecule has 0 aliphatic heterocycles. The van der Waals surface area contributed by atoms with Gasteiger partial charge in [-0.3, -0.25) is 4.79 Å². The standard InChI is InChI=1S/C15H11F3O2/c1-20-13-8-4-11(5-9-13)15(17,18)14(19)10-2-6-12(16)7-3-10/h2-9H,1H3. The van der Waals surface area contributed by atoms with Crippen LogP contribution in [0.25, 0.3) is 0 Å². The maximum atomic E-state index is 14.1. The van der Waals surface area contributed by atoms with Crippen LogP contribution in [-0.2, 0) is 5.92 Å². The maximum Gasteiger partial charge on any atom is 0.334 e. The van der Waals surface area contributed by atoms with E-state index < -0.39 is 23.1 Å². The highest BCUT2D eigenvalue weighted by Gasteiger charge is 2.41. The summed E-state index contributed by atoms with van der Waals surface area (Å²) >= 11 is 0. The second kappa shape index (κ2) is 5.36. The molecule has 0 heterocycles. The Balaban J connectivity index is 2.32. The van der Waals surface area contributed by atoms with Crippen LogP contribution in [0, 0.1) is 5.82 Å². The first-order valence-electron chi connectivity index (χ1n) is 5.78. The van der Waals surface area contributed by atoms with Crippen LogP contribution in [-0.4, -0.2) is 12.9 Å². The first-order valence-corrected chi connectivity index (χ1v) is 5.78. The number of rotatable bonds is 4. The van der Waals surface area contributed by atoms with Crippen molar-refractivity contribution in [3.8, 4) is 5.75 Å². The van der Waals surface area contributed by atoms with Crippen molar-refractivity contribution in [3.63, 3.8) is 0 Å². The smallest absolute Gasteiger partial charge is 0.334 e. The topological polar surface area (TPSA) is 26.3 Å². The van der Waals surface area contributed by atoms with E-state index in [0.717, 1.165) is 36.4 Å². The van der Waals surface area contributed by atoms with Crippen LogP contribution in [0.3, 0.4) is 0 Å². The number of methoxy groups -OCH3 is 1. The highest BCUT2D eigenvalue weighted by molar-refractivity contribution is 6.01. The van der Waals surface area contributed by atoms with Gasteiger partial charge in [0.1, 0.15) is 11.6 Å². The van der Waals surface area contributed by atoms with Crippen LogP contribution in [0.1, 0.15) is 15.9 Å². The van der Waals surface area contributed by atoms with Crippen molar-refractivity contribution in [2.45, 2.75) is 5.92 Å². The Morgan fingerprint density at radius 1 is 1.00 bits per heavy atom. The van der Waals surface area contributed by atoms with Gasteiger partial charge in [0.05, 0.1) is 7.11 Å². The summed E-state index contributed by atoms with van der Waals surface area (Å²) in [5.41, 5.74) is -0.681. The van der Waals surface area contributed by atoms with Gasteiger partial charge in [-0.25, -0.2) is 4.39 Å². The molecule has 2 rings (SSSR count). The van der Waals surface area contributed by atoms with Crippen LogP contribution in [0.2, 0.25) is 0 Å². The van der Waals surface area contributed by atoms with Gasteiger partial charge in [-0.1, -0.05) is 0 Å². The molecule has 0 unspecified atom stereocenters. The van der Waals surface area contributed by atoms with E-state index in [-0.39, 0.29) is 5.56 Å². The normalized spacial score (nSPS) is 11.2. The summed E-state index contributed by atoms with van der Waals surface area (Å²) in [6.07, 6.45) is 0. The summed E-state index contributed by atoms with van der Waals surface area (Å²) in [6.45, 7) is 0. The zero-order chi connectivity index (χ0) is 14.8. The molecule has 0 aromatic heterocycles. The monoisotopic (exact) mass is 280 g/mol. The van der Waals surface area contributed by atoms with Gasteiger partial charge < -0.3 is 4.74 Å². The van der Waals surface area contributed by atoms with E-state index in [4.69, 9.17) is 4.74 Å². The van der Waals surface area contributed by atoms with Crippen molar-refractivity contribution in [1.29, 1.82) is 0 Å². The molecule has 0 aliphatic rings. The lowest BCUT2D eigenvalue weighted by Crippen LogP contribution is -2.26. The SMILES string of the molecule is COc1ccc(C(F)(F)C(=O)c2ccc(F)cc2)cc1. The molecular formula is C15H11F3O2. The summed E-state index contributed by atoms with van der Waals surface area (Å²) in [5, 5.41) is 0. The van der Waals surface area contributed by atoms with Gasteiger partial charge >= 0.3 is 5.92 Å². The van der Waals surface area contributed by atoms with E-state index in [1.54, 1.807) is 0 Å². The molecule has 0 saturated heterocycles. The number of halogens is 3. The molecule has 5 heteroatoms. The van der Waals surface area contributed by atoms with Gasteiger partial charge in [-0.2, -0.15) is 8.78 Å². The quantitative estimate of drug-likeness (QED) is 0.796. The van der Waals surface area contributed by atoms with Gasteiger partial charge in [0, 0.05) is 11.1 Å². The number of carbonyl (C=O) groups is 1. The van der Waals surface area contributed by atoms with Crippen LogP contribution in [0.15, 0.2) is 48.5 Å². The predicted octanol–water partition coefficient (Wildman–Crippen LogP) is 3.81. The van der Waals surface area contributed by atoms with E-state index in [9.17, 15) is 18.0 Å². The van der Waals surface area contributed by atoms with Crippen molar-refractivity contribution in [1.82, 2.24) is 0 Å². The van der Waals surface area contributed by atoms with E-state index >= 15 is 0 Å². The number of ketones is 1. The van der Waals surface area contributed by atoms with Crippen molar-refractivity contribution in [3.05, 3.63) is 65.5 Å². The first-order chi connectivity index (χ1) is 9.45. The third-order valence-electron chi connectivity index (χ3n) is 2.84. The molecular weight excluding hydrogens is 269 g/mol. The minimum absolute atomic E-state index is 0.243. The van der Waals surface area contributed by atoms with Crippen LogP contribution in [0.4, 0.5) is 13.2 Å². The Labute approximate surface area is 113 Å². The number of hydrogen-bond donors (Lipinski definition) is 0. The number of alkyl halides is 2. The predicted molar refractivity (Wildman–Crippen MR) is 67.6 cm³/mol. The van der Waals surface area contributed by atoms with Gasteiger partial charge in [-0.05, 0) is 48.5 Å². The largest absolute Gasteiger partial charge is 0.497 e. The molecule has 2 aromatic carbocycles. The minimum atomic E-state index is -3.68. The number of carbonyl (C=O) groups excluding carboxylic acids is 1. The van der Waals surface area contributed by atoms with Crippen LogP contribution in [0.5, 0.6) is 5.75 Å². The fraction of sp³-hybridized carbons (Fsp3) is 0.133. The maximum absolute atomic E-state index is 14.1. The third kappa shape index (κ3) is 2.66. The highest BCUT2D eigenvalue weighted by atomic mass is 19.3. The van der Waals surface area contributed by atoms with Crippen LogP contribution >= 0.6 is 0 Å². The zero-order valence-corrected chi connectivity index (χ0v) is 10.6. The Morgan fingerprint density at radius 3 is 2.05 bits per heavy atom. The molecule has 0 atom stereocenters. The van der Waals surface area contributed by atoms with Crippen molar-refractivity contribution in [2.75, 3.05) is 7.11 Å². The van der Waals surface area contributed by atoms with E-state index in [2.05, 4.69) is 0 Å². The summed E-state index contributed by atoms with van der Waals surface area (Å²) in [4.78, 5) is 11.8. The van der Waals surface area contributed by atoms with Crippen molar-refractivity contribution in [2.24, 2.45) is 0 Å². The van der Waals surface area contributed by atoms with E-state index in [0.29, 0.717) is 5.75 Å². The lowest BCUT2D eigenvalue weighted by molar-refractivity contribution is 0.00740. The van der Waals surface area contributed by atoms with E-state index in [1.807, 2.05) is 0 Å². The Bertz CT molecular complexity index is 604. The van der Waals surface area contributed by atoms with E-state index in [1.165, 1.54) is 19.2 Å². The first kappa shape index (κ1) is 14.1. The lowest BCUT2D eigenvalue weighted by atomic mass is 9.99. The molecule has 0 radical (unpaired) electrons. The summed E-state index contributed by atoms with van der Waals surface area (Å²) in [6, 6.07) is 8.96. The Kier molecular flexibility index (Phi) is 3.79. The van der Waals surface area contributed by atoms with Crippen molar-refractivity contribution >= 4 is 5.78 Å².